The van der Waals surface area contributed by atoms with Crippen LogP contribution in [0.4, 0.5) is 10.1 Å². The van der Waals surface area contributed by atoms with Gasteiger partial charge in [0.05, 0.1) is 23.9 Å². The topological polar surface area (TPSA) is 58.0 Å². The monoisotopic (exact) mass is 346 g/mol. The van der Waals surface area contributed by atoms with Crippen molar-refractivity contribution in [2.45, 2.75) is 6.04 Å². The Bertz CT molecular complexity index is 811. The van der Waals surface area contributed by atoms with E-state index in [1.165, 1.54) is 18.5 Å². The fraction of sp³-hybridized carbons (Fsp3) is 0.176. The third-order valence-electron chi connectivity index (χ3n) is 3.67. The quantitative estimate of drug-likeness (QED) is 0.883. The number of rotatable bonds is 3. The zero-order chi connectivity index (χ0) is 17.1. The Balaban J connectivity index is 1.96. The maximum atomic E-state index is 13.3. The van der Waals surface area contributed by atoms with E-state index in [1.54, 1.807) is 13.2 Å². The summed E-state index contributed by atoms with van der Waals surface area (Å²) in [5, 5.41) is 6.32. The van der Waals surface area contributed by atoms with E-state index in [1.807, 2.05) is 25.3 Å². The zero-order valence-corrected chi connectivity index (χ0v) is 13.9. The van der Waals surface area contributed by atoms with E-state index in [4.69, 9.17) is 16.3 Å². The second-order valence-corrected chi connectivity index (χ2v) is 5.54. The van der Waals surface area contributed by atoms with Gasteiger partial charge >= 0.3 is 0 Å². The molecular weight excluding hydrogens is 331 g/mol. The zero-order valence-electron chi connectivity index (χ0n) is 13.2. The molecule has 1 aromatic rings. The van der Waals surface area contributed by atoms with Crippen LogP contribution in [-0.2, 0) is 4.74 Å². The molecule has 124 valence electrons. The average molecular weight is 347 g/mol. The molecule has 0 bridgehead atoms. The lowest BCUT2D eigenvalue weighted by atomic mass is 10.0. The number of nitrogens with one attached hydrogen (secondary N) is 2. The number of anilines is 1. The van der Waals surface area contributed by atoms with Gasteiger partial charge in [0.15, 0.2) is 0 Å². The molecule has 5 nitrogen and oxygen atoms in total. The van der Waals surface area contributed by atoms with E-state index < -0.39 is 5.82 Å². The van der Waals surface area contributed by atoms with Gasteiger partial charge in [-0.15, -0.1) is 0 Å². The van der Waals surface area contributed by atoms with Crippen molar-refractivity contribution in [3.63, 3.8) is 0 Å². The van der Waals surface area contributed by atoms with Crippen molar-refractivity contribution in [1.82, 2.24) is 5.32 Å². The van der Waals surface area contributed by atoms with Gasteiger partial charge < -0.3 is 15.4 Å². The lowest BCUT2D eigenvalue weighted by Gasteiger charge is -2.19. The number of methoxy groups -OCH3 is 1. The molecule has 3 rings (SSSR count). The average Bonchev–Trinajstić information content (AvgIpc) is 2.77. The molecule has 1 unspecified atom stereocenters. The van der Waals surface area contributed by atoms with E-state index in [9.17, 15) is 4.39 Å². The van der Waals surface area contributed by atoms with Crippen molar-refractivity contribution in [1.29, 1.82) is 0 Å². The number of hydrogen-bond donors (Lipinski definition) is 2. The number of hydrogen-bond acceptors (Lipinski definition) is 5. The number of allylic oxidation sites excluding steroid dienone is 2. The predicted octanol–water partition coefficient (Wildman–Crippen LogP) is 3.27. The second kappa shape index (κ2) is 6.88. The van der Waals surface area contributed by atoms with Gasteiger partial charge in [-0.1, -0.05) is 17.7 Å². The van der Waals surface area contributed by atoms with Gasteiger partial charge in [-0.2, -0.15) is 0 Å². The van der Waals surface area contributed by atoms with Crippen LogP contribution in [0.3, 0.4) is 0 Å². The molecule has 0 fully saturated rings. The van der Waals surface area contributed by atoms with Gasteiger partial charge in [-0.05, 0) is 30.4 Å². The first-order valence-corrected chi connectivity index (χ1v) is 7.68. The standard InChI is InChI=1S/C17H16ClFN4O/c1-20-15-8-11-14(5-6-16(15)24-2)21-9-22-17(11)23-10-3-4-13(19)12(18)7-10/h3-9,14,20H,1-2H3,(H,21,22,23). The lowest BCUT2D eigenvalue weighted by Crippen LogP contribution is -2.25. The Morgan fingerprint density at radius 1 is 1.33 bits per heavy atom. The Morgan fingerprint density at radius 2 is 2.17 bits per heavy atom. The summed E-state index contributed by atoms with van der Waals surface area (Å²) in [6.07, 6.45) is 7.22. The number of likely N-dealkylation sites (N-methyl/N-ethyl adjacent to an activating group) is 1. The molecular formula is C17H16ClFN4O. The number of aliphatic imine (C=N–C) groups is 2. The number of amidine groups is 1. The molecule has 0 saturated carbocycles. The van der Waals surface area contributed by atoms with Crippen LogP contribution in [0.1, 0.15) is 0 Å². The Kier molecular flexibility index (Phi) is 4.66. The van der Waals surface area contributed by atoms with Crippen LogP contribution in [0, 0.1) is 5.82 Å². The van der Waals surface area contributed by atoms with E-state index in [0.29, 0.717) is 17.3 Å². The molecule has 0 saturated heterocycles. The molecule has 2 aliphatic rings. The molecule has 1 aliphatic carbocycles. The van der Waals surface area contributed by atoms with Crippen LogP contribution in [0.25, 0.3) is 0 Å². The number of ether oxygens (including phenoxy) is 1. The fourth-order valence-corrected chi connectivity index (χ4v) is 2.63. The molecule has 0 spiro atoms. The number of fused-ring (bicyclic) bond motifs is 1. The first-order valence-electron chi connectivity index (χ1n) is 7.30. The summed E-state index contributed by atoms with van der Waals surface area (Å²) in [6, 6.07) is 4.25. The molecule has 1 atom stereocenters. The van der Waals surface area contributed by atoms with Crippen molar-refractivity contribution in [2.75, 3.05) is 19.5 Å². The Hall–Kier alpha value is -2.60. The van der Waals surface area contributed by atoms with Crippen molar-refractivity contribution >= 4 is 29.5 Å². The van der Waals surface area contributed by atoms with Gasteiger partial charge in [-0.3, -0.25) is 4.99 Å². The highest BCUT2D eigenvalue weighted by Gasteiger charge is 2.22. The predicted molar refractivity (Wildman–Crippen MR) is 95.1 cm³/mol. The van der Waals surface area contributed by atoms with Gasteiger partial charge in [0.2, 0.25) is 0 Å². The van der Waals surface area contributed by atoms with Crippen LogP contribution in [0.5, 0.6) is 0 Å². The summed E-state index contributed by atoms with van der Waals surface area (Å²) in [6.45, 7) is 0. The summed E-state index contributed by atoms with van der Waals surface area (Å²) >= 11 is 5.84. The molecule has 0 amide bonds. The van der Waals surface area contributed by atoms with Crippen LogP contribution >= 0.6 is 11.6 Å². The highest BCUT2D eigenvalue weighted by Crippen LogP contribution is 2.25. The van der Waals surface area contributed by atoms with Crippen LogP contribution in [0.2, 0.25) is 5.02 Å². The van der Waals surface area contributed by atoms with E-state index in [2.05, 4.69) is 20.6 Å². The molecule has 1 aliphatic heterocycles. The number of nitrogens with zero attached hydrogens (tertiary/aromatic N) is 2. The highest BCUT2D eigenvalue weighted by molar-refractivity contribution is 6.31. The van der Waals surface area contributed by atoms with E-state index in [-0.39, 0.29) is 11.1 Å². The van der Waals surface area contributed by atoms with Crippen LogP contribution in [-0.4, -0.2) is 32.4 Å². The molecule has 24 heavy (non-hydrogen) atoms. The minimum Gasteiger partial charge on any atom is -0.495 e. The molecule has 7 heteroatoms. The lowest BCUT2D eigenvalue weighted by molar-refractivity contribution is 0.301. The van der Waals surface area contributed by atoms with Gasteiger partial charge in [0.25, 0.3) is 0 Å². The smallest absolute Gasteiger partial charge is 0.141 e. The maximum absolute atomic E-state index is 13.3. The van der Waals surface area contributed by atoms with Crippen LogP contribution in [0.15, 0.2) is 63.4 Å². The number of halogens is 2. The largest absolute Gasteiger partial charge is 0.495 e. The summed E-state index contributed by atoms with van der Waals surface area (Å²) in [4.78, 5) is 8.67. The minimum atomic E-state index is -0.464. The summed E-state index contributed by atoms with van der Waals surface area (Å²) in [7, 11) is 3.43. The SMILES string of the molecule is CNC1=C(OC)C=CC2N=CN=C(Nc3ccc(F)c(Cl)c3)C2=C1. The molecule has 1 heterocycles. The van der Waals surface area contributed by atoms with Gasteiger partial charge in [0, 0.05) is 18.3 Å². The summed E-state index contributed by atoms with van der Waals surface area (Å²) in [5.41, 5.74) is 2.32. The molecule has 0 aromatic heterocycles. The van der Waals surface area contributed by atoms with Crippen molar-refractivity contribution in [2.24, 2.45) is 9.98 Å². The van der Waals surface area contributed by atoms with Crippen molar-refractivity contribution < 1.29 is 9.13 Å². The minimum absolute atomic E-state index is 0.0499. The molecule has 1 aromatic carbocycles. The van der Waals surface area contributed by atoms with E-state index in [0.717, 1.165) is 11.3 Å². The number of benzene rings is 1. The fourth-order valence-electron chi connectivity index (χ4n) is 2.45. The molecule has 0 radical (unpaired) electrons. The third-order valence-corrected chi connectivity index (χ3v) is 3.96. The van der Waals surface area contributed by atoms with Gasteiger partial charge in [0.1, 0.15) is 23.8 Å². The van der Waals surface area contributed by atoms with E-state index >= 15 is 0 Å². The second-order valence-electron chi connectivity index (χ2n) is 5.13. The summed E-state index contributed by atoms with van der Waals surface area (Å²) in [5.74, 6) is 0.861. The maximum Gasteiger partial charge on any atom is 0.141 e. The van der Waals surface area contributed by atoms with Crippen molar-refractivity contribution in [3.05, 3.63) is 64.3 Å². The molecule has 2 N–H and O–H groups in total. The first kappa shape index (κ1) is 16.3. The third kappa shape index (κ3) is 3.19. The van der Waals surface area contributed by atoms with Crippen molar-refractivity contribution in [3.8, 4) is 0 Å². The first-order chi connectivity index (χ1) is 11.6. The normalized spacial score (nSPS) is 19.2. The highest BCUT2D eigenvalue weighted by atomic mass is 35.5. The Labute approximate surface area is 144 Å². The van der Waals surface area contributed by atoms with Gasteiger partial charge in [-0.25, -0.2) is 9.38 Å². The summed E-state index contributed by atoms with van der Waals surface area (Å²) < 4.78 is 18.7. The van der Waals surface area contributed by atoms with Crippen LogP contribution < -0.4 is 10.6 Å². The Morgan fingerprint density at radius 3 is 2.88 bits per heavy atom.